The standard InChI is InChI=1S/C24H23BrN4O6S2/c1-15(30)27-17-6-8-18(9-7-17)37(33,34)29-11-10-16-4-2-3-5-19(16)20(29)12-23(32)35-14-22(31)28-24-26-13-21(25)36-24/h2-9,13,20H,10-12,14H2,1H3,(H,27,30)(H,26,28,31). The number of carbonyl (C=O) groups excluding carboxylic acids is 3. The number of esters is 1. The molecule has 2 aromatic carbocycles. The number of ether oxygens (including phenoxy) is 1. The van der Waals surface area contributed by atoms with Crippen molar-refractivity contribution in [2.75, 3.05) is 23.8 Å². The number of benzene rings is 2. The number of rotatable bonds is 8. The molecular weight excluding hydrogens is 584 g/mol. The lowest BCUT2D eigenvalue weighted by Crippen LogP contribution is -2.41. The van der Waals surface area contributed by atoms with Crippen molar-refractivity contribution in [2.45, 2.75) is 30.7 Å². The van der Waals surface area contributed by atoms with Crippen molar-refractivity contribution in [3.05, 3.63) is 69.6 Å². The summed E-state index contributed by atoms with van der Waals surface area (Å²) in [5.74, 6) is -1.53. The topological polar surface area (TPSA) is 135 Å². The third-order valence-electron chi connectivity index (χ3n) is 5.59. The number of amides is 2. The largest absolute Gasteiger partial charge is 0.456 e. The third kappa shape index (κ3) is 6.60. The zero-order valence-corrected chi connectivity index (χ0v) is 22.9. The summed E-state index contributed by atoms with van der Waals surface area (Å²) in [5, 5.41) is 5.50. The lowest BCUT2D eigenvalue weighted by atomic mass is 9.92. The molecule has 10 nitrogen and oxygen atoms in total. The molecule has 0 radical (unpaired) electrons. The molecule has 1 aliphatic rings. The second-order valence-corrected chi connectivity index (χ2v) is 12.5. The van der Waals surface area contributed by atoms with Gasteiger partial charge in [0.25, 0.3) is 5.91 Å². The Morgan fingerprint density at radius 3 is 2.54 bits per heavy atom. The van der Waals surface area contributed by atoms with Crippen LogP contribution in [0, 0.1) is 0 Å². The highest BCUT2D eigenvalue weighted by molar-refractivity contribution is 9.11. The van der Waals surface area contributed by atoms with E-state index in [2.05, 4.69) is 31.5 Å². The highest BCUT2D eigenvalue weighted by atomic mass is 79.9. The highest BCUT2D eigenvalue weighted by Gasteiger charge is 2.38. The fraction of sp³-hybridized carbons (Fsp3) is 0.250. The van der Waals surface area contributed by atoms with Crippen LogP contribution < -0.4 is 10.6 Å². The molecule has 1 aromatic heterocycles. The first-order valence-electron chi connectivity index (χ1n) is 11.2. The van der Waals surface area contributed by atoms with Crippen molar-refractivity contribution < 1.29 is 27.5 Å². The van der Waals surface area contributed by atoms with Gasteiger partial charge >= 0.3 is 5.97 Å². The van der Waals surface area contributed by atoms with Crippen LogP contribution in [-0.2, 0) is 35.6 Å². The molecule has 4 rings (SSSR count). The van der Waals surface area contributed by atoms with Gasteiger partial charge in [0.1, 0.15) is 0 Å². The summed E-state index contributed by atoms with van der Waals surface area (Å²) < 4.78 is 34.4. The monoisotopic (exact) mass is 606 g/mol. The summed E-state index contributed by atoms with van der Waals surface area (Å²) in [7, 11) is -3.99. The van der Waals surface area contributed by atoms with Gasteiger partial charge in [-0.2, -0.15) is 4.31 Å². The van der Waals surface area contributed by atoms with E-state index in [4.69, 9.17) is 4.74 Å². The molecule has 1 aliphatic heterocycles. The van der Waals surface area contributed by atoms with Crippen LogP contribution in [0.25, 0.3) is 0 Å². The summed E-state index contributed by atoms with van der Waals surface area (Å²) in [5.41, 5.74) is 2.13. The van der Waals surface area contributed by atoms with Crippen LogP contribution in [0.15, 0.2) is 63.4 Å². The van der Waals surface area contributed by atoms with E-state index < -0.39 is 34.5 Å². The van der Waals surface area contributed by atoms with Crippen molar-refractivity contribution in [2.24, 2.45) is 0 Å². The Morgan fingerprint density at radius 1 is 1.14 bits per heavy atom. The highest BCUT2D eigenvalue weighted by Crippen LogP contribution is 2.36. The molecule has 13 heteroatoms. The maximum atomic E-state index is 13.6. The summed E-state index contributed by atoms with van der Waals surface area (Å²) in [6, 6.07) is 12.4. The first kappa shape index (κ1) is 26.9. The zero-order valence-electron chi connectivity index (χ0n) is 19.6. The molecule has 0 fully saturated rings. The number of aromatic nitrogens is 1. The Kier molecular flexibility index (Phi) is 8.37. The molecule has 2 amide bonds. The van der Waals surface area contributed by atoms with Crippen LogP contribution in [0.4, 0.5) is 10.8 Å². The number of carbonyl (C=O) groups is 3. The third-order valence-corrected chi connectivity index (χ3v) is 8.91. The van der Waals surface area contributed by atoms with Crippen LogP contribution in [0.5, 0.6) is 0 Å². The molecule has 0 saturated heterocycles. The second-order valence-electron chi connectivity index (χ2n) is 8.17. The number of halogens is 1. The molecule has 2 heterocycles. The molecule has 3 aromatic rings. The number of thiazole rings is 1. The molecule has 0 saturated carbocycles. The van der Waals surface area contributed by atoms with Crippen LogP contribution >= 0.6 is 27.3 Å². The van der Waals surface area contributed by atoms with E-state index in [-0.39, 0.29) is 23.8 Å². The summed E-state index contributed by atoms with van der Waals surface area (Å²) in [6.07, 6.45) is 1.75. The van der Waals surface area contributed by atoms with Crippen LogP contribution in [0.3, 0.4) is 0 Å². The van der Waals surface area contributed by atoms with Crippen molar-refractivity contribution in [1.82, 2.24) is 9.29 Å². The van der Waals surface area contributed by atoms with Gasteiger partial charge in [-0.15, -0.1) is 0 Å². The van der Waals surface area contributed by atoms with Crippen molar-refractivity contribution >= 4 is 65.9 Å². The van der Waals surface area contributed by atoms with Crippen LogP contribution in [-0.4, -0.2) is 48.6 Å². The number of fused-ring (bicyclic) bond motifs is 1. The molecule has 0 aliphatic carbocycles. The predicted octanol–water partition coefficient (Wildman–Crippen LogP) is 3.72. The Labute approximate surface area is 226 Å². The molecule has 0 spiro atoms. The fourth-order valence-corrected chi connectivity index (χ4v) is 6.74. The number of anilines is 2. The summed E-state index contributed by atoms with van der Waals surface area (Å²) in [4.78, 5) is 40.2. The van der Waals surface area contributed by atoms with Crippen molar-refractivity contribution in [1.29, 1.82) is 0 Å². The molecule has 1 unspecified atom stereocenters. The minimum atomic E-state index is -3.99. The van der Waals surface area contributed by atoms with Gasteiger partial charge in [0.05, 0.1) is 27.3 Å². The van der Waals surface area contributed by atoms with Gasteiger partial charge in [0.2, 0.25) is 15.9 Å². The fourth-order valence-electron chi connectivity index (χ4n) is 4.01. The van der Waals surface area contributed by atoms with Crippen LogP contribution in [0.1, 0.15) is 30.5 Å². The summed E-state index contributed by atoms with van der Waals surface area (Å²) >= 11 is 4.47. The summed E-state index contributed by atoms with van der Waals surface area (Å²) in [6.45, 7) is 1.01. The van der Waals surface area contributed by atoms with E-state index >= 15 is 0 Å². The maximum Gasteiger partial charge on any atom is 0.308 e. The molecule has 0 bridgehead atoms. The zero-order chi connectivity index (χ0) is 26.6. The molecule has 1 atom stereocenters. The van der Waals surface area contributed by atoms with E-state index in [1.165, 1.54) is 53.0 Å². The minimum Gasteiger partial charge on any atom is -0.456 e. The van der Waals surface area contributed by atoms with E-state index in [1.807, 2.05) is 12.1 Å². The van der Waals surface area contributed by atoms with E-state index in [1.54, 1.807) is 12.1 Å². The Bertz CT molecular complexity index is 1430. The van der Waals surface area contributed by atoms with Crippen molar-refractivity contribution in [3.8, 4) is 0 Å². The Hall–Kier alpha value is -3.13. The SMILES string of the molecule is CC(=O)Nc1ccc(S(=O)(=O)N2CCc3ccccc3C2CC(=O)OCC(=O)Nc2ncc(Br)s2)cc1. The van der Waals surface area contributed by atoms with Gasteiger partial charge in [-0.05, 0) is 57.7 Å². The van der Waals surface area contributed by atoms with E-state index in [0.717, 1.165) is 9.35 Å². The molecule has 2 N–H and O–H groups in total. The first-order chi connectivity index (χ1) is 17.6. The lowest BCUT2D eigenvalue weighted by molar-refractivity contribution is -0.148. The van der Waals surface area contributed by atoms with Gasteiger partial charge in [0.15, 0.2) is 11.7 Å². The first-order valence-corrected chi connectivity index (χ1v) is 14.2. The molecule has 194 valence electrons. The van der Waals surface area contributed by atoms with E-state index in [9.17, 15) is 22.8 Å². The quantitative estimate of drug-likeness (QED) is 0.373. The Morgan fingerprint density at radius 2 is 1.86 bits per heavy atom. The lowest BCUT2D eigenvalue weighted by Gasteiger charge is -2.36. The van der Waals surface area contributed by atoms with Gasteiger partial charge in [-0.1, -0.05) is 35.6 Å². The average Bonchev–Trinajstić information content (AvgIpc) is 3.27. The van der Waals surface area contributed by atoms with Crippen molar-refractivity contribution in [3.63, 3.8) is 0 Å². The normalized spacial score (nSPS) is 15.5. The number of hydrogen-bond acceptors (Lipinski definition) is 8. The second kappa shape index (κ2) is 11.5. The Balaban J connectivity index is 1.50. The van der Waals surface area contributed by atoms with Gasteiger partial charge < -0.3 is 10.1 Å². The number of sulfonamides is 1. The maximum absolute atomic E-state index is 13.6. The van der Waals surface area contributed by atoms with Crippen LogP contribution in [0.2, 0.25) is 0 Å². The molecule has 37 heavy (non-hydrogen) atoms. The van der Waals surface area contributed by atoms with Gasteiger partial charge in [-0.25, -0.2) is 13.4 Å². The van der Waals surface area contributed by atoms with E-state index in [0.29, 0.717) is 22.8 Å². The predicted molar refractivity (Wildman–Crippen MR) is 142 cm³/mol. The minimum absolute atomic E-state index is 0.0355. The average molecular weight is 608 g/mol. The number of nitrogens with one attached hydrogen (secondary N) is 2. The van der Waals surface area contributed by atoms with Gasteiger partial charge in [-0.3, -0.25) is 19.7 Å². The number of nitrogens with zero attached hydrogens (tertiary/aromatic N) is 2. The molecular formula is C24H23BrN4O6S2. The number of hydrogen-bond donors (Lipinski definition) is 2. The van der Waals surface area contributed by atoms with Gasteiger partial charge in [0, 0.05) is 19.2 Å². The smallest absolute Gasteiger partial charge is 0.308 e.